The van der Waals surface area contributed by atoms with Crippen LogP contribution < -0.4 is 4.90 Å². The van der Waals surface area contributed by atoms with Crippen molar-refractivity contribution in [3.8, 4) is 17.1 Å². The lowest BCUT2D eigenvalue weighted by Crippen LogP contribution is -3.12. The van der Waals surface area contributed by atoms with Crippen LogP contribution in [0.15, 0.2) is 54.6 Å². The van der Waals surface area contributed by atoms with E-state index < -0.39 is 0 Å². The van der Waals surface area contributed by atoms with Gasteiger partial charge in [-0.2, -0.15) is 4.68 Å². The van der Waals surface area contributed by atoms with E-state index in [0.29, 0.717) is 10.8 Å². The molecule has 2 aromatic carbocycles. The van der Waals surface area contributed by atoms with Gasteiger partial charge in [-0.25, -0.2) is 4.39 Å². The normalized spacial score (nSPS) is 16.2. The van der Waals surface area contributed by atoms with E-state index in [9.17, 15) is 4.39 Å². The zero-order valence-corrected chi connectivity index (χ0v) is 17.0. The maximum Gasteiger partial charge on any atom is 0.207 e. The minimum atomic E-state index is -0.255. The molecule has 1 saturated carbocycles. The standard InChI is InChI=1S/C22H25FN4S/c1-25(19-8-4-2-5-9-19)16-26-22(28)27(20-10-6-3-7-11-20)21(24-26)17-12-14-18(23)15-13-17/h3,6-7,10-15,19H,2,4-5,8-9,16H2,1H3/p+1. The summed E-state index contributed by atoms with van der Waals surface area (Å²) in [4.78, 5) is 1.44. The van der Waals surface area contributed by atoms with Crippen molar-refractivity contribution in [2.75, 3.05) is 7.05 Å². The molecule has 1 heterocycles. The highest BCUT2D eigenvalue weighted by Crippen LogP contribution is 2.23. The highest BCUT2D eigenvalue weighted by molar-refractivity contribution is 7.71. The summed E-state index contributed by atoms with van der Waals surface area (Å²) in [5.41, 5.74) is 1.82. The maximum absolute atomic E-state index is 13.4. The van der Waals surface area contributed by atoms with Crippen LogP contribution in [0, 0.1) is 10.6 Å². The van der Waals surface area contributed by atoms with Crippen molar-refractivity contribution in [1.82, 2.24) is 14.3 Å². The Kier molecular flexibility index (Phi) is 5.69. The number of para-hydroxylation sites is 1. The number of rotatable bonds is 5. The van der Waals surface area contributed by atoms with Gasteiger partial charge in [0.15, 0.2) is 12.5 Å². The highest BCUT2D eigenvalue weighted by atomic mass is 32.1. The van der Waals surface area contributed by atoms with Crippen molar-refractivity contribution in [2.45, 2.75) is 44.8 Å². The van der Waals surface area contributed by atoms with Gasteiger partial charge in [0, 0.05) is 11.3 Å². The average Bonchev–Trinajstić information content (AvgIpc) is 3.06. The molecule has 1 aromatic heterocycles. The number of nitrogens with one attached hydrogen (secondary N) is 1. The van der Waals surface area contributed by atoms with E-state index in [4.69, 9.17) is 17.3 Å². The fraction of sp³-hybridized carbons (Fsp3) is 0.364. The number of hydrogen-bond donors (Lipinski definition) is 1. The van der Waals surface area contributed by atoms with Crippen molar-refractivity contribution in [2.24, 2.45) is 0 Å². The van der Waals surface area contributed by atoms with Crippen LogP contribution >= 0.6 is 12.2 Å². The quantitative estimate of drug-likeness (QED) is 0.659. The second-order valence-corrected chi connectivity index (χ2v) is 7.99. The minimum Gasteiger partial charge on any atom is -0.316 e. The Labute approximate surface area is 170 Å². The summed E-state index contributed by atoms with van der Waals surface area (Å²) in [6.07, 6.45) is 6.51. The Morgan fingerprint density at radius 3 is 2.39 bits per heavy atom. The third-order valence-corrected chi connectivity index (χ3v) is 6.05. The van der Waals surface area contributed by atoms with Gasteiger partial charge in [-0.1, -0.05) is 24.6 Å². The predicted molar refractivity (Wildman–Crippen MR) is 112 cm³/mol. The molecule has 1 N–H and O–H groups in total. The minimum absolute atomic E-state index is 0.255. The van der Waals surface area contributed by atoms with Gasteiger partial charge in [-0.15, -0.1) is 5.10 Å². The van der Waals surface area contributed by atoms with E-state index in [1.165, 1.54) is 49.1 Å². The van der Waals surface area contributed by atoms with Gasteiger partial charge in [0.05, 0.1) is 13.1 Å². The molecule has 6 heteroatoms. The summed E-state index contributed by atoms with van der Waals surface area (Å²) < 4.78 is 18.0. The molecule has 0 spiro atoms. The summed E-state index contributed by atoms with van der Waals surface area (Å²) in [6, 6.07) is 17.1. The SMILES string of the molecule is C[NH+](Cn1nc(-c2ccc(F)cc2)n(-c2ccccc2)c1=S)C1CCCCC1. The summed E-state index contributed by atoms with van der Waals surface area (Å²) in [7, 11) is 2.23. The van der Waals surface area contributed by atoms with Gasteiger partial charge < -0.3 is 4.90 Å². The highest BCUT2D eigenvalue weighted by Gasteiger charge is 2.23. The van der Waals surface area contributed by atoms with Crippen LogP contribution in [0.1, 0.15) is 32.1 Å². The first-order valence-electron chi connectivity index (χ1n) is 9.97. The monoisotopic (exact) mass is 397 g/mol. The second kappa shape index (κ2) is 8.37. The zero-order valence-electron chi connectivity index (χ0n) is 16.1. The van der Waals surface area contributed by atoms with E-state index in [-0.39, 0.29) is 5.82 Å². The number of hydrogen-bond acceptors (Lipinski definition) is 2. The van der Waals surface area contributed by atoms with Gasteiger partial charge in [-0.05, 0) is 74.3 Å². The molecule has 0 saturated heterocycles. The molecule has 0 radical (unpaired) electrons. The smallest absolute Gasteiger partial charge is 0.207 e. The Hall–Kier alpha value is -2.31. The summed E-state index contributed by atoms with van der Waals surface area (Å²) in [5.74, 6) is 0.488. The number of quaternary nitrogens is 1. The fourth-order valence-corrected chi connectivity index (χ4v) is 4.36. The summed E-state index contributed by atoms with van der Waals surface area (Å²) in [6.45, 7) is 0.734. The van der Waals surface area contributed by atoms with Crippen molar-refractivity contribution in [3.63, 3.8) is 0 Å². The Morgan fingerprint density at radius 2 is 1.71 bits per heavy atom. The molecular weight excluding hydrogens is 371 g/mol. The molecular formula is C22H26FN4S+. The summed E-state index contributed by atoms with van der Waals surface area (Å²) in [5, 5.41) is 4.85. The van der Waals surface area contributed by atoms with Crippen LogP contribution in [0.2, 0.25) is 0 Å². The molecule has 1 aliphatic carbocycles. The first kappa shape index (κ1) is 19.0. The Balaban J connectivity index is 1.73. The maximum atomic E-state index is 13.4. The van der Waals surface area contributed by atoms with Gasteiger partial charge in [0.2, 0.25) is 4.77 Å². The van der Waals surface area contributed by atoms with E-state index >= 15 is 0 Å². The molecule has 0 amide bonds. The lowest BCUT2D eigenvalue weighted by molar-refractivity contribution is -0.930. The number of benzene rings is 2. The first-order chi connectivity index (χ1) is 13.6. The number of nitrogens with zero attached hydrogens (tertiary/aromatic N) is 3. The van der Waals surface area contributed by atoms with Crippen molar-refractivity contribution in [3.05, 3.63) is 65.2 Å². The third-order valence-electron chi connectivity index (χ3n) is 5.66. The van der Waals surface area contributed by atoms with Crippen LogP contribution in [0.5, 0.6) is 0 Å². The van der Waals surface area contributed by atoms with E-state index in [1.54, 1.807) is 12.1 Å². The molecule has 1 atom stereocenters. The van der Waals surface area contributed by atoms with E-state index in [1.807, 2.05) is 39.6 Å². The van der Waals surface area contributed by atoms with Crippen LogP contribution in [-0.4, -0.2) is 27.4 Å². The number of aromatic nitrogens is 3. The molecule has 4 rings (SSSR count). The molecule has 1 unspecified atom stereocenters. The summed E-state index contributed by atoms with van der Waals surface area (Å²) >= 11 is 5.82. The van der Waals surface area contributed by atoms with Crippen LogP contribution in [0.25, 0.3) is 17.1 Å². The van der Waals surface area contributed by atoms with Crippen molar-refractivity contribution in [1.29, 1.82) is 0 Å². The molecule has 3 aromatic rings. The topological polar surface area (TPSA) is 27.2 Å². The van der Waals surface area contributed by atoms with Gasteiger partial charge >= 0.3 is 0 Å². The van der Waals surface area contributed by atoms with E-state index in [2.05, 4.69) is 7.05 Å². The molecule has 28 heavy (non-hydrogen) atoms. The second-order valence-electron chi connectivity index (χ2n) is 7.62. The molecule has 1 aliphatic rings. The number of halogens is 1. The van der Waals surface area contributed by atoms with E-state index in [0.717, 1.165) is 23.7 Å². The first-order valence-corrected chi connectivity index (χ1v) is 10.4. The zero-order chi connectivity index (χ0) is 19.5. The Bertz CT molecular complexity index is 972. The molecule has 146 valence electrons. The van der Waals surface area contributed by atoms with Gasteiger partial charge in [0.25, 0.3) is 0 Å². The molecule has 1 fully saturated rings. The lowest BCUT2D eigenvalue weighted by Gasteiger charge is -2.27. The average molecular weight is 398 g/mol. The van der Waals surface area contributed by atoms with Gasteiger partial charge in [-0.3, -0.25) is 4.57 Å². The predicted octanol–water partition coefficient (Wildman–Crippen LogP) is 4.01. The van der Waals surface area contributed by atoms with Crippen LogP contribution in [0.4, 0.5) is 4.39 Å². The Morgan fingerprint density at radius 1 is 1.04 bits per heavy atom. The van der Waals surface area contributed by atoms with Gasteiger partial charge in [0.1, 0.15) is 5.82 Å². The van der Waals surface area contributed by atoms with Crippen LogP contribution in [0.3, 0.4) is 0 Å². The van der Waals surface area contributed by atoms with Crippen molar-refractivity contribution < 1.29 is 9.29 Å². The third kappa shape index (κ3) is 3.93. The lowest BCUT2D eigenvalue weighted by atomic mass is 9.95. The van der Waals surface area contributed by atoms with Crippen molar-refractivity contribution >= 4 is 12.2 Å². The fourth-order valence-electron chi connectivity index (χ4n) is 4.07. The van der Waals surface area contributed by atoms with Crippen LogP contribution in [-0.2, 0) is 6.67 Å². The molecule has 4 nitrogen and oxygen atoms in total. The molecule has 0 bridgehead atoms. The molecule has 0 aliphatic heterocycles. The largest absolute Gasteiger partial charge is 0.316 e.